The first-order valence-electron chi connectivity index (χ1n) is 11.5. The first-order chi connectivity index (χ1) is 14.8. The number of benzene rings is 2. The third-order valence-corrected chi connectivity index (χ3v) is 6.85. The molecule has 3 aliphatic rings. The Labute approximate surface area is 179 Å². The van der Waals surface area contributed by atoms with Crippen LogP contribution >= 0.6 is 0 Å². The maximum atomic E-state index is 6.90. The minimum Gasteiger partial charge on any atom is -0.482 e. The summed E-state index contributed by atoms with van der Waals surface area (Å²) in [6.45, 7) is 5.45. The number of aryl methyl sites for hydroxylation is 1. The highest BCUT2D eigenvalue weighted by Gasteiger charge is 2.37. The van der Waals surface area contributed by atoms with Gasteiger partial charge in [-0.1, -0.05) is 36.4 Å². The zero-order chi connectivity index (χ0) is 20.3. The van der Waals surface area contributed by atoms with Crippen LogP contribution in [0.5, 0.6) is 5.75 Å². The Bertz CT molecular complexity index is 852. The van der Waals surface area contributed by atoms with Crippen LogP contribution in [0.1, 0.15) is 36.5 Å². The molecule has 0 bridgehead atoms. The zero-order valence-corrected chi connectivity index (χ0v) is 17.7. The maximum Gasteiger partial charge on any atom is 0.143 e. The van der Waals surface area contributed by atoms with E-state index in [0.717, 1.165) is 64.4 Å². The molecule has 2 aliphatic heterocycles. The Morgan fingerprint density at radius 3 is 2.60 bits per heavy atom. The van der Waals surface area contributed by atoms with Gasteiger partial charge in [-0.15, -0.1) is 0 Å². The lowest BCUT2D eigenvalue weighted by Gasteiger charge is -2.44. The summed E-state index contributed by atoms with van der Waals surface area (Å²) in [6.07, 6.45) is 4.57. The van der Waals surface area contributed by atoms with E-state index in [2.05, 4.69) is 58.3 Å². The van der Waals surface area contributed by atoms with Crippen molar-refractivity contribution in [1.29, 1.82) is 0 Å². The Hall–Kier alpha value is -2.08. The number of piperidine rings is 1. The van der Waals surface area contributed by atoms with Gasteiger partial charge in [-0.3, -0.25) is 4.90 Å². The van der Waals surface area contributed by atoms with Crippen molar-refractivity contribution in [3.8, 4) is 5.75 Å². The van der Waals surface area contributed by atoms with E-state index in [4.69, 9.17) is 15.2 Å². The molecule has 5 nitrogen and oxygen atoms in total. The van der Waals surface area contributed by atoms with Crippen molar-refractivity contribution in [2.45, 2.75) is 43.9 Å². The van der Waals surface area contributed by atoms with E-state index in [9.17, 15) is 0 Å². The van der Waals surface area contributed by atoms with E-state index in [1.54, 1.807) is 0 Å². The maximum absolute atomic E-state index is 6.90. The van der Waals surface area contributed by atoms with Crippen molar-refractivity contribution >= 4 is 5.69 Å². The average Bonchev–Trinajstić information content (AvgIpc) is 2.80. The molecule has 5 rings (SSSR count). The van der Waals surface area contributed by atoms with E-state index in [0.29, 0.717) is 6.04 Å². The van der Waals surface area contributed by atoms with Crippen LogP contribution < -0.4 is 15.4 Å². The Morgan fingerprint density at radius 2 is 1.73 bits per heavy atom. The number of hydrogen-bond donors (Lipinski definition) is 1. The molecule has 160 valence electrons. The van der Waals surface area contributed by atoms with Gasteiger partial charge in [-0.05, 0) is 55.5 Å². The van der Waals surface area contributed by atoms with Crippen molar-refractivity contribution in [2.24, 2.45) is 5.73 Å². The molecule has 0 spiro atoms. The Balaban J connectivity index is 1.47. The summed E-state index contributed by atoms with van der Waals surface area (Å²) in [5, 5.41) is 0. The molecule has 0 saturated carbocycles. The van der Waals surface area contributed by atoms with Crippen LogP contribution in [0.15, 0.2) is 48.5 Å². The van der Waals surface area contributed by atoms with Gasteiger partial charge >= 0.3 is 0 Å². The molecule has 2 aromatic rings. The molecule has 2 aromatic carbocycles. The van der Waals surface area contributed by atoms with E-state index < -0.39 is 0 Å². The molecular formula is C25H33N3O2. The molecule has 2 N–H and O–H groups in total. The molecular weight excluding hydrogens is 374 g/mol. The number of hydrogen-bond acceptors (Lipinski definition) is 5. The van der Waals surface area contributed by atoms with Gasteiger partial charge in [0.25, 0.3) is 0 Å². The summed E-state index contributed by atoms with van der Waals surface area (Å²) in [5.41, 5.74) is 10.3. The molecule has 5 heteroatoms. The van der Waals surface area contributed by atoms with Gasteiger partial charge in [0, 0.05) is 25.7 Å². The fourth-order valence-electron chi connectivity index (χ4n) is 5.32. The minimum atomic E-state index is 0.0300. The summed E-state index contributed by atoms with van der Waals surface area (Å²) in [4.78, 5) is 4.98. The van der Waals surface area contributed by atoms with Crippen molar-refractivity contribution in [1.82, 2.24) is 4.90 Å². The molecule has 2 saturated heterocycles. The van der Waals surface area contributed by atoms with Crippen LogP contribution in [0.4, 0.5) is 5.69 Å². The smallest absolute Gasteiger partial charge is 0.143 e. The number of nitrogens with zero attached hydrogens (tertiary/aromatic N) is 2. The van der Waals surface area contributed by atoms with Crippen LogP contribution in [-0.2, 0) is 11.2 Å². The second-order valence-electron chi connectivity index (χ2n) is 8.81. The molecule has 1 aliphatic carbocycles. The van der Waals surface area contributed by atoms with Gasteiger partial charge in [0.2, 0.25) is 0 Å². The van der Waals surface area contributed by atoms with Gasteiger partial charge in [0.05, 0.1) is 24.9 Å². The Kier molecular flexibility index (Phi) is 5.93. The van der Waals surface area contributed by atoms with Crippen molar-refractivity contribution in [3.05, 3.63) is 59.7 Å². The Morgan fingerprint density at radius 1 is 0.933 bits per heavy atom. The second kappa shape index (κ2) is 8.96. The van der Waals surface area contributed by atoms with Gasteiger partial charge in [0.1, 0.15) is 11.9 Å². The lowest BCUT2D eigenvalue weighted by Crippen LogP contribution is -2.51. The molecule has 0 amide bonds. The predicted molar refractivity (Wildman–Crippen MR) is 120 cm³/mol. The van der Waals surface area contributed by atoms with Crippen LogP contribution in [0.2, 0.25) is 0 Å². The van der Waals surface area contributed by atoms with Crippen LogP contribution in [0, 0.1) is 0 Å². The van der Waals surface area contributed by atoms with Gasteiger partial charge in [0.15, 0.2) is 0 Å². The monoisotopic (exact) mass is 407 g/mol. The lowest BCUT2D eigenvalue weighted by atomic mass is 9.84. The summed E-state index contributed by atoms with van der Waals surface area (Å²) in [7, 11) is 0. The highest BCUT2D eigenvalue weighted by Crippen LogP contribution is 2.40. The average molecular weight is 408 g/mol. The van der Waals surface area contributed by atoms with Crippen molar-refractivity contribution in [3.63, 3.8) is 0 Å². The summed E-state index contributed by atoms with van der Waals surface area (Å²) in [6, 6.07) is 17.9. The topological polar surface area (TPSA) is 51.0 Å². The van der Waals surface area contributed by atoms with Gasteiger partial charge < -0.3 is 20.1 Å². The van der Waals surface area contributed by atoms with E-state index >= 15 is 0 Å². The van der Waals surface area contributed by atoms with Crippen LogP contribution in [0.3, 0.4) is 0 Å². The highest BCUT2D eigenvalue weighted by atomic mass is 16.5. The number of anilines is 1. The number of rotatable bonds is 4. The molecule has 2 heterocycles. The van der Waals surface area contributed by atoms with Crippen molar-refractivity contribution in [2.75, 3.05) is 44.3 Å². The first kappa shape index (κ1) is 19.9. The number of para-hydroxylation sites is 2. The quantitative estimate of drug-likeness (QED) is 0.842. The molecule has 30 heavy (non-hydrogen) atoms. The lowest BCUT2D eigenvalue weighted by molar-refractivity contribution is 0.0368. The summed E-state index contributed by atoms with van der Waals surface area (Å²) < 4.78 is 12.5. The summed E-state index contributed by atoms with van der Waals surface area (Å²) in [5.74, 6) is 0.979. The number of likely N-dealkylation sites (tertiary alicyclic amines) is 1. The largest absolute Gasteiger partial charge is 0.482 e. The third-order valence-electron chi connectivity index (χ3n) is 6.85. The number of fused-ring (bicyclic) bond motifs is 1. The van der Waals surface area contributed by atoms with Gasteiger partial charge in [-0.25, -0.2) is 0 Å². The molecule has 0 radical (unpaired) electrons. The number of morpholine rings is 1. The van der Waals surface area contributed by atoms with E-state index in [1.807, 2.05) is 0 Å². The number of ether oxygens (including phenoxy) is 2. The summed E-state index contributed by atoms with van der Waals surface area (Å²) >= 11 is 0. The zero-order valence-electron chi connectivity index (χ0n) is 17.7. The molecule has 3 atom stereocenters. The second-order valence-corrected chi connectivity index (χ2v) is 8.81. The highest BCUT2D eigenvalue weighted by molar-refractivity contribution is 5.59. The first-order valence-corrected chi connectivity index (χ1v) is 11.5. The molecule has 2 unspecified atom stereocenters. The fourth-order valence-corrected chi connectivity index (χ4v) is 5.32. The van der Waals surface area contributed by atoms with Crippen molar-refractivity contribution < 1.29 is 9.47 Å². The van der Waals surface area contributed by atoms with Gasteiger partial charge in [-0.2, -0.15) is 0 Å². The van der Waals surface area contributed by atoms with E-state index in [1.165, 1.54) is 23.2 Å². The molecule has 2 fully saturated rings. The normalized spacial score (nSPS) is 27.5. The van der Waals surface area contributed by atoms with E-state index in [-0.39, 0.29) is 12.1 Å². The predicted octanol–water partition coefficient (Wildman–Crippen LogP) is 3.38. The van der Waals surface area contributed by atoms with Crippen LogP contribution in [-0.4, -0.2) is 56.4 Å². The SMILES string of the molecule is N[C@H]1CCCN(C2CCc3ccccc3C2Oc2ccccc2N2CCOCC2)C1. The standard InChI is InChI=1S/C25H33N3O2/c26-20-7-5-13-28(18-20)23-12-11-19-6-1-2-8-21(19)25(23)30-24-10-4-3-9-22(24)27-14-16-29-17-15-27/h1-4,6,8-10,20,23,25H,5,7,11-18,26H2/t20-,23?,25?/m0/s1. The fraction of sp³-hybridized carbons (Fsp3) is 0.520. The number of nitrogens with two attached hydrogens (primary N) is 1. The molecule has 0 aromatic heterocycles. The third kappa shape index (κ3) is 4.07. The minimum absolute atomic E-state index is 0.0300. The van der Waals surface area contributed by atoms with Crippen LogP contribution in [0.25, 0.3) is 0 Å².